The van der Waals surface area contributed by atoms with Crippen LogP contribution in [0.25, 0.3) is 0 Å². The average Bonchev–Trinajstić information content (AvgIpc) is 2.68. The Labute approximate surface area is 83.3 Å². The van der Waals surface area contributed by atoms with Gasteiger partial charge in [-0.25, -0.2) is 0 Å². The van der Waals surface area contributed by atoms with Gasteiger partial charge in [0.05, 0.1) is 6.61 Å². The molecule has 2 nitrogen and oxygen atoms in total. The molecular weight excluding hydrogens is 176 g/mol. The van der Waals surface area contributed by atoms with Crippen molar-refractivity contribution in [1.82, 2.24) is 0 Å². The molecule has 5 unspecified atom stereocenters. The lowest BCUT2D eigenvalue weighted by molar-refractivity contribution is -0.135. The monoisotopic (exact) mass is 190 g/mol. The second kappa shape index (κ2) is 2.80. The normalized spacial score (nSPS) is 48.6. The number of aliphatic hydroxyl groups is 1. The van der Waals surface area contributed by atoms with Crippen molar-refractivity contribution in [3.05, 3.63) is 24.3 Å². The van der Waals surface area contributed by atoms with Crippen LogP contribution in [0.3, 0.4) is 0 Å². The molecule has 0 spiro atoms. The third-order valence-corrected chi connectivity index (χ3v) is 4.07. The van der Waals surface area contributed by atoms with Crippen LogP contribution in [0, 0.1) is 29.6 Å². The Kier molecular flexibility index (Phi) is 1.68. The summed E-state index contributed by atoms with van der Waals surface area (Å²) in [6, 6.07) is 0. The second-order valence-corrected chi connectivity index (χ2v) is 4.58. The highest BCUT2D eigenvalue weighted by atomic mass is 16.3. The van der Waals surface area contributed by atoms with Crippen molar-refractivity contribution in [3.63, 3.8) is 0 Å². The highest BCUT2D eigenvalue weighted by Crippen LogP contribution is 2.50. The molecule has 74 valence electrons. The summed E-state index contributed by atoms with van der Waals surface area (Å²) in [7, 11) is 0. The molecule has 2 heteroatoms. The van der Waals surface area contributed by atoms with Crippen LogP contribution in [-0.4, -0.2) is 17.5 Å². The first kappa shape index (κ1) is 8.42. The summed E-state index contributed by atoms with van der Waals surface area (Å²) in [5.41, 5.74) is 0. The average molecular weight is 190 g/mol. The lowest BCUT2D eigenvalue weighted by Crippen LogP contribution is -2.48. The molecule has 5 atom stereocenters. The number of carbonyl (C=O) groups excluding carboxylic acids is 1. The molecule has 0 amide bonds. The van der Waals surface area contributed by atoms with Crippen molar-refractivity contribution < 1.29 is 9.90 Å². The van der Waals surface area contributed by atoms with Crippen LogP contribution in [0.4, 0.5) is 0 Å². The largest absolute Gasteiger partial charge is 0.396 e. The third-order valence-electron chi connectivity index (χ3n) is 4.07. The van der Waals surface area contributed by atoms with Crippen LogP contribution >= 0.6 is 0 Å². The van der Waals surface area contributed by atoms with Gasteiger partial charge in [-0.3, -0.25) is 4.79 Å². The van der Waals surface area contributed by atoms with Gasteiger partial charge in [0.25, 0.3) is 0 Å². The van der Waals surface area contributed by atoms with E-state index in [1.54, 1.807) is 0 Å². The molecule has 1 fully saturated rings. The maximum atomic E-state index is 11.9. The maximum absolute atomic E-state index is 11.9. The molecule has 1 N–H and O–H groups in total. The summed E-state index contributed by atoms with van der Waals surface area (Å²) >= 11 is 0. The Morgan fingerprint density at radius 2 is 2.14 bits per heavy atom. The fourth-order valence-corrected chi connectivity index (χ4v) is 3.38. The number of Topliss-reactive ketones (excluding diaryl/α,β-unsaturated/α-hetero) is 1. The number of allylic oxidation sites excluding steroid dienone is 4. The molecular formula is C12H14O2. The Bertz CT molecular complexity index is 329. The predicted molar refractivity (Wildman–Crippen MR) is 52.4 cm³/mol. The second-order valence-electron chi connectivity index (χ2n) is 4.58. The maximum Gasteiger partial charge on any atom is 0.146 e. The number of ketones is 1. The number of hydrogen-bond acceptors (Lipinski definition) is 2. The SMILES string of the molecule is O=C1C2C=CC(C1CO)C1CC=CC21. The van der Waals surface area contributed by atoms with E-state index in [9.17, 15) is 9.90 Å². The zero-order valence-corrected chi connectivity index (χ0v) is 7.97. The highest BCUT2D eigenvalue weighted by molar-refractivity contribution is 5.88. The fourth-order valence-electron chi connectivity index (χ4n) is 3.38. The molecule has 1 saturated carbocycles. The molecule has 0 saturated heterocycles. The van der Waals surface area contributed by atoms with Gasteiger partial charge in [0.15, 0.2) is 0 Å². The topological polar surface area (TPSA) is 37.3 Å². The summed E-state index contributed by atoms with van der Waals surface area (Å²) in [6.45, 7) is 0.0214. The van der Waals surface area contributed by atoms with Crippen molar-refractivity contribution in [2.45, 2.75) is 6.42 Å². The minimum atomic E-state index is -0.119. The van der Waals surface area contributed by atoms with Crippen LogP contribution in [0.1, 0.15) is 6.42 Å². The first-order valence-electron chi connectivity index (χ1n) is 5.32. The van der Waals surface area contributed by atoms with Gasteiger partial charge >= 0.3 is 0 Å². The van der Waals surface area contributed by atoms with E-state index in [-0.39, 0.29) is 30.1 Å². The summed E-state index contributed by atoms with van der Waals surface area (Å²) in [5, 5.41) is 9.23. The van der Waals surface area contributed by atoms with Crippen molar-refractivity contribution in [1.29, 1.82) is 0 Å². The zero-order chi connectivity index (χ0) is 9.71. The van der Waals surface area contributed by atoms with Crippen LogP contribution < -0.4 is 0 Å². The summed E-state index contributed by atoms with van der Waals surface area (Å²) < 4.78 is 0. The molecule has 4 aliphatic rings. The van der Waals surface area contributed by atoms with Gasteiger partial charge < -0.3 is 5.11 Å². The Balaban J connectivity index is 2.02. The molecule has 0 heterocycles. The summed E-state index contributed by atoms with van der Waals surface area (Å²) in [5.74, 6) is 1.50. The van der Waals surface area contributed by atoms with Crippen LogP contribution in [0.15, 0.2) is 24.3 Å². The van der Waals surface area contributed by atoms with Crippen LogP contribution in [0.2, 0.25) is 0 Å². The standard InChI is InChI=1S/C12H14O2/c13-6-11-9-4-5-10(12(11)14)8-3-1-2-7(8)9/h1,3-5,7-11,13H,2,6H2. The zero-order valence-electron chi connectivity index (χ0n) is 7.97. The van der Waals surface area contributed by atoms with Crippen molar-refractivity contribution in [2.75, 3.05) is 6.61 Å². The van der Waals surface area contributed by atoms with E-state index in [1.165, 1.54) is 0 Å². The Morgan fingerprint density at radius 3 is 2.93 bits per heavy atom. The minimum absolute atomic E-state index is 0.0214. The summed E-state index contributed by atoms with van der Waals surface area (Å²) in [4.78, 5) is 11.9. The number of aliphatic hydroxyl groups excluding tert-OH is 1. The third kappa shape index (κ3) is 0.871. The lowest BCUT2D eigenvalue weighted by atomic mass is 9.58. The molecule has 0 aromatic carbocycles. The lowest BCUT2D eigenvalue weighted by Gasteiger charge is -2.44. The first-order chi connectivity index (χ1) is 6.83. The Hall–Kier alpha value is -0.890. The van der Waals surface area contributed by atoms with Crippen molar-refractivity contribution >= 4 is 5.78 Å². The van der Waals surface area contributed by atoms with Gasteiger partial charge in [0.2, 0.25) is 0 Å². The van der Waals surface area contributed by atoms with Crippen molar-refractivity contribution in [2.24, 2.45) is 29.6 Å². The molecule has 14 heavy (non-hydrogen) atoms. The predicted octanol–water partition coefficient (Wildman–Crippen LogP) is 1.17. The number of carbonyl (C=O) groups is 1. The van der Waals surface area contributed by atoms with E-state index in [0.29, 0.717) is 11.8 Å². The van der Waals surface area contributed by atoms with E-state index < -0.39 is 0 Å². The van der Waals surface area contributed by atoms with Gasteiger partial charge in [-0.15, -0.1) is 0 Å². The first-order valence-corrected chi connectivity index (χ1v) is 5.32. The van der Waals surface area contributed by atoms with E-state index >= 15 is 0 Å². The van der Waals surface area contributed by atoms with Crippen molar-refractivity contribution in [3.8, 4) is 0 Å². The molecule has 4 aliphatic carbocycles. The molecule has 0 aromatic rings. The fraction of sp³-hybridized carbons (Fsp3) is 0.583. The highest BCUT2D eigenvalue weighted by Gasteiger charge is 2.50. The van der Waals surface area contributed by atoms with Gasteiger partial charge in [-0.05, 0) is 24.2 Å². The van der Waals surface area contributed by atoms with E-state index in [4.69, 9.17) is 0 Å². The summed E-state index contributed by atoms with van der Waals surface area (Å²) in [6.07, 6.45) is 9.67. The van der Waals surface area contributed by atoms with Gasteiger partial charge in [-0.1, -0.05) is 24.3 Å². The molecule has 2 bridgehead atoms. The minimum Gasteiger partial charge on any atom is -0.396 e. The van der Waals surface area contributed by atoms with E-state index in [2.05, 4.69) is 24.3 Å². The van der Waals surface area contributed by atoms with Gasteiger partial charge in [0.1, 0.15) is 5.78 Å². The van der Waals surface area contributed by atoms with Crippen LogP contribution in [0.5, 0.6) is 0 Å². The number of hydrogen-bond donors (Lipinski definition) is 1. The van der Waals surface area contributed by atoms with E-state index in [1.807, 2.05) is 0 Å². The van der Waals surface area contributed by atoms with Crippen LogP contribution in [-0.2, 0) is 4.79 Å². The molecule has 0 aromatic heterocycles. The Morgan fingerprint density at radius 1 is 1.29 bits per heavy atom. The number of rotatable bonds is 1. The molecule has 0 radical (unpaired) electrons. The number of fused-ring (bicyclic) bond motifs is 1. The quantitative estimate of drug-likeness (QED) is 0.630. The van der Waals surface area contributed by atoms with E-state index in [0.717, 1.165) is 6.42 Å². The molecule has 0 aliphatic heterocycles. The van der Waals surface area contributed by atoms with Gasteiger partial charge in [0, 0.05) is 11.8 Å². The smallest absolute Gasteiger partial charge is 0.146 e. The van der Waals surface area contributed by atoms with Gasteiger partial charge in [-0.2, -0.15) is 0 Å². The molecule has 4 rings (SSSR count).